The minimum atomic E-state index is -3.65. The van der Waals surface area contributed by atoms with Gasteiger partial charge in [0.1, 0.15) is 10.7 Å². The molecule has 2 aromatic heterocycles. The average Bonchev–Trinajstić information content (AvgIpc) is 2.32. The smallest absolute Gasteiger partial charge is 0.263 e. The van der Waals surface area contributed by atoms with Gasteiger partial charge in [-0.05, 0) is 31.2 Å². The molecule has 0 bridgehead atoms. The summed E-state index contributed by atoms with van der Waals surface area (Å²) < 4.78 is 26.4. The SMILES string of the molecule is Cc1ccc(NS(=O)(=O)c2ccc(N)nc2)cn1. The molecule has 0 amide bonds. The second-order valence-corrected chi connectivity index (χ2v) is 5.39. The molecule has 2 aromatic rings. The van der Waals surface area contributed by atoms with Gasteiger partial charge in [-0.2, -0.15) is 0 Å². The maximum absolute atomic E-state index is 12.0. The Bertz CT molecular complexity index is 636. The molecule has 0 unspecified atom stereocenters. The molecule has 0 aromatic carbocycles. The van der Waals surface area contributed by atoms with Crippen LogP contribution in [-0.2, 0) is 10.0 Å². The molecule has 0 aliphatic carbocycles. The third kappa shape index (κ3) is 2.75. The number of hydrogen-bond donors (Lipinski definition) is 2. The molecule has 0 saturated carbocycles. The third-order valence-corrected chi connectivity index (χ3v) is 3.60. The maximum Gasteiger partial charge on any atom is 0.263 e. The van der Waals surface area contributed by atoms with E-state index in [-0.39, 0.29) is 10.7 Å². The molecule has 3 N–H and O–H groups in total. The topological polar surface area (TPSA) is 98.0 Å². The van der Waals surface area contributed by atoms with Gasteiger partial charge in [0, 0.05) is 11.9 Å². The van der Waals surface area contributed by atoms with Gasteiger partial charge >= 0.3 is 0 Å². The first kappa shape index (κ1) is 12.3. The van der Waals surface area contributed by atoms with Crippen LogP contribution in [0.1, 0.15) is 5.69 Å². The van der Waals surface area contributed by atoms with Gasteiger partial charge in [-0.25, -0.2) is 13.4 Å². The number of rotatable bonds is 3. The summed E-state index contributed by atoms with van der Waals surface area (Å²) in [6.45, 7) is 1.82. The minimum Gasteiger partial charge on any atom is -0.384 e. The van der Waals surface area contributed by atoms with Crippen LogP contribution in [-0.4, -0.2) is 18.4 Å². The van der Waals surface area contributed by atoms with Gasteiger partial charge < -0.3 is 5.73 Å². The molecule has 0 atom stereocenters. The van der Waals surface area contributed by atoms with Crippen molar-refractivity contribution in [3.05, 3.63) is 42.4 Å². The number of nitrogen functional groups attached to an aromatic ring is 1. The van der Waals surface area contributed by atoms with E-state index < -0.39 is 10.0 Å². The Labute approximate surface area is 105 Å². The summed E-state index contributed by atoms with van der Waals surface area (Å²) >= 11 is 0. The molecule has 0 saturated heterocycles. The molecule has 6 nitrogen and oxygen atoms in total. The van der Waals surface area contributed by atoms with E-state index >= 15 is 0 Å². The average molecular weight is 264 g/mol. The van der Waals surface area contributed by atoms with Crippen LogP contribution in [0.15, 0.2) is 41.6 Å². The molecule has 94 valence electrons. The van der Waals surface area contributed by atoms with E-state index in [1.54, 1.807) is 12.1 Å². The number of hydrogen-bond acceptors (Lipinski definition) is 5. The van der Waals surface area contributed by atoms with Crippen molar-refractivity contribution in [3.8, 4) is 0 Å². The van der Waals surface area contributed by atoms with Crippen molar-refractivity contribution in [2.24, 2.45) is 0 Å². The van der Waals surface area contributed by atoms with Crippen molar-refractivity contribution in [3.63, 3.8) is 0 Å². The van der Waals surface area contributed by atoms with E-state index in [0.717, 1.165) is 5.69 Å². The molecule has 7 heteroatoms. The molecule has 0 aliphatic rings. The van der Waals surface area contributed by atoms with E-state index in [0.29, 0.717) is 5.69 Å². The predicted molar refractivity (Wildman–Crippen MR) is 68.4 cm³/mol. The van der Waals surface area contributed by atoms with Crippen LogP contribution in [0.3, 0.4) is 0 Å². The lowest BCUT2D eigenvalue weighted by Crippen LogP contribution is -2.13. The van der Waals surface area contributed by atoms with Gasteiger partial charge in [-0.3, -0.25) is 9.71 Å². The van der Waals surface area contributed by atoms with Crippen LogP contribution in [0.5, 0.6) is 0 Å². The number of aromatic nitrogens is 2. The second-order valence-electron chi connectivity index (χ2n) is 3.71. The summed E-state index contributed by atoms with van der Waals surface area (Å²) in [5.41, 5.74) is 6.62. The van der Waals surface area contributed by atoms with Gasteiger partial charge in [-0.15, -0.1) is 0 Å². The molecule has 0 aliphatic heterocycles. The van der Waals surface area contributed by atoms with E-state index in [2.05, 4.69) is 14.7 Å². The van der Waals surface area contributed by atoms with Crippen LogP contribution < -0.4 is 10.5 Å². The highest BCUT2D eigenvalue weighted by Crippen LogP contribution is 2.15. The first-order valence-electron chi connectivity index (χ1n) is 5.14. The molecule has 0 fully saturated rings. The first-order chi connectivity index (χ1) is 8.47. The number of aryl methyl sites for hydroxylation is 1. The van der Waals surface area contributed by atoms with E-state index in [1.165, 1.54) is 24.5 Å². The van der Waals surface area contributed by atoms with Crippen molar-refractivity contribution in [2.75, 3.05) is 10.5 Å². The van der Waals surface area contributed by atoms with Crippen molar-refractivity contribution in [1.29, 1.82) is 0 Å². The van der Waals surface area contributed by atoms with E-state index in [4.69, 9.17) is 5.73 Å². The molecular formula is C11H12N4O2S. The Morgan fingerprint density at radius 2 is 1.89 bits per heavy atom. The van der Waals surface area contributed by atoms with Gasteiger partial charge in [-0.1, -0.05) is 0 Å². The highest BCUT2D eigenvalue weighted by atomic mass is 32.2. The van der Waals surface area contributed by atoms with Gasteiger partial charge in [0.05, 0.1) is 11.9 Å². The van der Waals surface area contributed by atoms with Crippen LogP contribution in [0.2, 0.25) is 0 Å². The lowest BCUT2D eigenvalue weighted by molar-refractivity contribution is 0.601. The fraction of sp³-hybridized carbons (Fsp3) is 0.0909. The summed E-state index contributed by atoms with van der Waals surface area (Å²) in [4.78, 5) is 7.81. The van der Waals surface area contributed by atoms with Crippen molar-refractivity contribution in [1.82, 2.24) is 9.97 Å². The number of pyridine rings is 2. The Hall–Kier alpha value is -2.15. The van der Waals surface area contributed by atoms with Crippen LogP contribution in [0.4, 0.5) is 11.5 Å². The number of anilines is 2. The largest absolute Gasteiger partial charge is 0.384 e. The van der Waals surface area contributed by atoms with Crippen LogP contribution in [0, 0.1) is 6.92 Å². The Morgan fingerprint density at radius 3 is 2.44 bits per heavy atom. The molecule has 0 radical (unpaired) electrons. The monoisotopic (exact) mass is 264 g/mol. The number of nitrogens with zero attached hydrogens (tertiary/aromatic N) is 2. The quantitative estimate of drug-likeness (QED) is 0.867. The van der Waals surface area contributed by atoms with Gasteiger partial charge in [0.15, 0.2) is 0 Å². The van der Waals surface area contributed by atoms with E-state index in [1.807, 2.05) is 6.92 Å². The number of sulfonamides is 1. The molecule has 2 heterocycles. The van der Waals surface area contributed by atoms with Gasteiger partial charge in [0.25, 0.3) is 10.0 Å². The second kappa shape index (κ2) is 4.61. The van der Waals surface area contributed by atoms with Crippen molar-refractivity contribution in [2.45, 2.75) is 11.8 Å². The zero-order chi connectivity index (χ0) is 13.2. The van der Waals surface area contributed by atoms with E-state index in [9.17, 15) is 8.42 Å². The summed E-state index contributed by atoms with van der Waals surface area (Å²) in [5, 5.41) is 0. The molecule has 18 heavy (non-hydrogen) atoms. The Morgan fingerprint density at radius 1 is 1.11 bits per heavy atom. The summed E-state index contributed by atoms with van der Waals surface area (Å²) in [5.74, 6) is 0.269. The van der Waals surface area contributed by atoms with Gasteiger partial charge in [0.2, 0.25) is 0 Å². The lowest BCUT2D eigenvalue weighted by atomic mass is 10.4. The predicted octanol–water partition coefficient (Wildman–Crippen LogP) is 1.17. The Kier molecular flexibility index (Phi) is 3.15. The maximum atomic E-state index is 12.0. The first-order valence-corrected chi connectivity index (χ1v) is 6.63. The Balaban J connectivity index is 2.27. The zero-order valence-corrected chi connectivity index (χ0v) is 10.5. The molecule has 0 spiro atoms. The van der Waals surface area contributed by atoms with Crippen molar-refractivity contribution >= 4 is 21.5 Å². The lowest BCUT2D eigenvalue weighted by Gasteiger charge is -2.07. The normalized spacial score (nSPS) is 11.2. The third-order valence-electron chi connectivity index (χ3n) is 2.23. The fourth-order valence-electron chi connectivity index (χ4n) is 1.29. The summed E-state index contributed by atoms with van der Waals surface area (Å²) in [7, 11) is -3.65. The number of nitrogens with two attached hydrogens (primary N) is 1. The van der Waals surface area contributed by atoms with Crippen molar-refractivity contribution < 1.29 is 8.42 Å². The van der Waals surface area contributed by atoms with Crippen LogP contribution in [0.25, 0.3) is 0 Å². The highest BCUT2D eigenvalue weighted by molar-refractivity contribution is 7.92. The molecule has 2 rings (SSSR count). The summed E-state index contributed by atoms with van der Waals surface area (Å²) in [6, 6.07) is 6.19. The standard InChI is InChI=1S/C11H12N4O2S/c1-8-2-3-9(6-13-8)15-18(16,17)10-4-5-11(12)14-7-10/h2-7,15H,1H3,(H2,12,14). The zero-order valence-electron chi connectivity index (χ0n) is 9.66. The van der Waals surface area contributed by atoms with Crippen LogP contribution >= 0.6 is 0 Å². The highest BCUT2D eigenvalue weighted by Gasteiger charge is 2.14. The molecular weight excluding hydrogens is 252 g/mol. The number of nitrogens with one attached hydrogen (secondary N) is 1. The fourth-order valence-corrected chi connectivity index (χ4v) is 2.28. The minimum absolute atomic E-state index is 0.0530. The summed E-state index contributed by atoms with van der Waals surface area (Å²) in [6.07, 6.45) is 2.66.